The molecule has 1 atom stereocenters. The number of carboxylic acids is 1. The molecule has 106 valence electrons. The number of aryl methyl sites for hydroxylation is 1. The number of rotatable bonds is 7. The monoisotopic (exact) mass is 265 g/mol. The number of benzene rings is 1. The summed E-state index contributed by atoms with van der Waals surface area (Å²) >= 11 is 0. The summed E-state index contributed by atoms with van der Waals surface area (Å²) in [7, 11) is 1.64. The first-order valence-electron chi connectivity index (χ1n) is 6.53. The molecular formula is C15H23NO3. The normalized spacial score (nSPS) is 12.5. The fourth-order valence-corrected chi connectivity index (χ4v) is 2.16. The van der Waals surface area contributed by atoms with Crippen LogP contribution in [0.4, 0.5) is 0 Å². The molecule has 0 aliphatic rings. The van der Waals surface area contributed by atoms with E-state index in [-0.39, 0.29) is 18.5 Å². The Bertz CT molecular complexity index is 429. The van der Waals surface area contributed by atoms with Crippen LogP contribution in [0.25, 0.3) is 0 Å². The van der Waals surface area contributed by atoms with Crippen molar-refractivity contribution in [3.63, 3.8) is 0 Å². The van der Waals surface area contributed by atoms with Crippen LogP contribution < -0.4 is 10.1 Å². The standard InChI is InChI=1S/C15H23NO3/c1-10(2)16-13(9-15(17)18)8-12-5-6-14(19-4)7-11(12)3/h5-7,10,13,16H,8-9H2,1-4H3,(H,17,18). The highest BCUT2D eigenvalue weighted by Gasteiger charge is 2.15. The van der Waals surface area contributed by atoms with Gasteiger partial charge in [-0.2, -0.15) is 0 Å². The van der Waals surface area contributed by atoms with Crippen molar-refractivity contribution in [2.45, 2.75) is 45.7 Å². The largest absolute Gasteiger partial charge is 0.497 e. The molecule has 4 nitrogen and oxygen atoms in total. The first kappa shape index (κ1) is 15.5. The molecule has 0 saturated carbocycles. The van der Waals surface area contributed by atoms with Gasteiger partial charge in [-0.05, 0) is 36.6 Å². The van der Waals surface area contributed by atoms with Gasteiger partial charge >= 0.3 is 5.97 Å². The zero-order chi connectivity index (χ0) is 14.4. The smallest absolute Gasteiger partial charge is 0.304 e. The number of ether oxygens (including phenoxy) is 1. The van der Waals surface area contributed by atoms with Crippen LogP contribution >= 0.6 is 0 Å². The van der Waals surface area contributed by atoms with Crippen molar-refractivity contribution in [3.8, 4) is 5.75 Å². The Labute approximate surface area is 114 Å². The lowest BCUT2D eigenvalue weighted by molar-refractivity contribution is -0.137. The zero-order valence-corrected chi connectivity index (χ0v) is 12.1. The van der Waals surface area contributed by atoms with Crippen molar-refractivity contribution >= 4 is 5.97 Å². The molecule has 2 N–H and O–H groups in total. The second kappa shape index (κ2) is 7.14. The molecule has 4 heteroatoms. The summed E-state index contributed by atoms with van der Waals surface area (Å²) < 4.78 is 5.17. The maximum Gasteiger partial charge on any atom is 0.304 e. The van der Waals surface area contributed by atoms with Gasteiger partial charge in [0, 0.05) is 12.1 Å². The average molecular weight is 265 g/mol. The Balaban J connectivity index is 2.80. The van der Waals surface area contributed by atoms with Crippen molar-refractivity contribution in [1.29, 1.82) is 0 Å². The van der Waals surface area contributed by atoms with Crippen molar-refractivity contribution in [2.24, 2.45) is 0 Å². The lowest BCUT2D eigenvalue weighted by Gasteiger charge is -2.21. The molecule has 1 unspecified atom stereocenters. The molecule has 1 rings (SSSR count). The lowest BCUT2D eigenvalue weighted by Crippen LogP contribution is -2.38. The molecule has 0 heterocycles. The van der Waals surface area contributed by atoms with E-state index >= 15 is 0 Å². The minimum Gasteiger partial charge on any atom is -0.497 e. The Hall–Kier alpha value is -1.55. The summed E-state index contributed by atoms with van der Waals surface area (Å²) in [6, 6.07) is 6.11. The fourth-order valence-electron chi connectivity index (χ4n) is 2.16. The highest BCUT2D eigenvalue weighted by molar-refractivity contribution is 5.67. The molecule has 1 aromatic carbocycles. The minimum atomic E-state index is -0.774. The van der Waals surface area contributed by atoms with Crippen molar-refractivity contribution in [2.75, 3.05) is 7.11 Å². The molecule has 0 radical (unpaired) electrons. The maximum absolute atomic E-state index is 10.9. The molecule has 0 spiro atoms. The predicted molar refractivity (Wildman–Crippen MR) is 75.7 cm³/mol. The number of nitrogens with one attached hydrogen (secondary N) is 1. The molecule has 0 fully saturated rings. The molecule has 0 aliphatic carbocycles. The van der Waals surface area contributed by atoms with E-state index in [2.05, 4.69) is 5.32 Å². The summed E-state index contributed by atoms with van der Waals surface area (Å²) in [5.41, 5.74) is 2.28. The lowest BCUT2D eigenvalue weighted by atomic mass is 9.98. The van der Waals surface area contributed by atoms with Gasteiger partial charge in [-0.25, -0.2) is 0 Å². The summed E-state index contributed by atoms with van der Waals surface area (Å²) in [4.78, 5) is 10.9. The van der Waals surface area contributed by atoms with Crippen molar-refractivity contribution in [3.05, 3.63) is 29.3 Å². The highest BCUT2D eigenvalue weighted by atomic mass is 16.5. The van der Waals surface area contributed by atoms with Crippen LogP contribution in [-0.2, 0) is 11.2 Å². The van der Waals surface area contributed by atoms with E-state index in [1.54, 1.807) is 7.11 Å². The molecular weight excluding hydrogens is 242 g/mol. The van der Waals surface area contributed by atoms with E-state index in [0.717, 1.165) is 16.9 Å². The van der Waals surface area contributed by atoms with E-state index in [0.29, 0.717) is 6.42 Å². The number of aliphatic carboxylic acids is 1. The predicted octanol–water partition coefficient (Wildman–Crippen LogP) is 2.39. The molecule has 19 heavy (non-hydrogen) atoms. The van der Waals surface area contributed by atoms with Crippen LogP contribution in [0, 0.1) is 6.92 Å². The first-order chi connectivity index (χ1) is 8.92. The second-order valence-electron chi connectivity index (χ2n) is 5.11. The number of methoxy groups -OCH3 is 1. The third-order valence-electron chi connectivity index (χ3n) is 3.01. The maximum atomic E-state index is 10.9. The van der Waals surface area contributed by atoms with Crippen molar-refractivity contribution in [1.82, 2.24) is 5.32 Å². The van der Waals surface area contributed by atoms with Crippen LogP contribution in [0.5, 0.6) is 5.75 Å². The summed E-state index contributed by atoms with van der Waals surface area (Å²) in [5.74, 6) is 0.0529. The van der Waals surface area contributed by atoms with Crippen LogP contribution in [-0.4, -0.2) is 30.3 Å². The molecule has 0 aromatic heterocycles. The third kappa shape index (κ3) is 5.30. The van der Waals surface area contributed by atoms with E-state index in [1.165, 1.54) is 0 Å². The number of hydrogen-bond acceptors (Lipinski definition) is 3. The number of carbonyl (C=O) groups is 1. The van der Waals surface area contributed by atoms with Crippen LogP contribution in [0.15, 0.2) is 18.2 Å². The summed E-state index contributed by atoms with van der Waals surface area (Å²) in [6.45, 7) is 6.07. The van der Waals surface area contributed by atoms with Crippen LogP contribution in [0.3, 0.4) is 0 Å². The highest BCUT2D eigenvalue weighted by Crippen LogP contribution is 2.19. The summed E-state index contributed by atoms with van der Waals surface area (Å²) in [5, 5.41) is 12.3. The Kier molecular flexibility index (Phi) is 5.83. The summed E-state index contributed by atoms with van der Waals surface area (Å²) in [6.07, 6.45) is 0.837. The van der Waals surface area contributed by atoms with Crippen LogP contribution in [0.1, 0.15) is 31.4 Å². The van der Waals surface area contributed by atoms with E-state index in [4.69, 9.17) is 9.84 Å². The molecule has 0 saturated heterocycles. The van der Waals surface area contributed by atoms with Gasteiger partial charge in [0.1, 0.15) is 5.75 Å². The van der Waals surface area contributed by atoms with Gasteiger partial charge in [0.05, 0.1) is 13.5 Å². The minimum absolute atomic E-state index is 0.0513. The van der Waals surface area contributed by atoms with E-state index < -0.39 is 5.97 Å². The quantitative estimate of drug-likeness (QED) is 0.794. The topological polar surface area (TPSA) is 58.6 Å². The van der Waals surface area contributed by atoms with Crippen molar-refractivity contribution < 1.29 is 14.6 Å². The van der Waals surface area contributed by atoms with Gasteiger partial charge in [-0.1, -0.05) is 19.9 Å². The second-order valence-corrected chi connectivity index (χ2v) is 5.11. The molecule has 0 aliphatic heterocycles. The van der Waals surface area contributed by atoms with Crippen LogP contribution in [0.2, 0.25) is 0 Å². The van der Waals surface area contributed by atoms with Gasteiger partial charge in [-0.15, -0.1) is 0 Å². The first-order valence-corrected chi connectivity index (χ1v) is 6.53. The molecule has 0 bridgehead atoms. The van der Waals surface area contributed by atoms with Gasteiger partial charge < -0.3 is 15.2 Å². The van der Waals surface area contributed by atoms with Gasteiger partial charge in [-0.3, -0.25) is 4.79 Å². The number of hydrogen-bond donors (Lipinski definition) is 2. The van der Waals surface area contributed by atoms with E-state index in [9.17, 15) is 4.79 Å². The van der Waals surface area contributed by atoms with Gasteiger partial charge in [0.25, 0.3) is 0 Å². The Morgan fingerprint density at radius 1 is 1.42 bits per heavy atom. The SMILES string of the molecule is COc1ccc(CC(CC(=O)O)NC(C)C)c(C)c1. The van der Waals surface area contributed by atoms with E-state index in [1.807, 2.05) is 39.0 Å². The Morgan fingerprint density at radius 3 is 2.58 bits per heavy atom. The zero-order valence-electron chi connectivity index (χ0n) is 12.1. The number of carboxylic acid groups (broad SMARTS) is 1. The Morgan fingerprint density at radius 2 is 2.11 bits per heavy atom. The average Bonchev–Trinajstić information content (AvgIpc) is 2.30. The van der Waals surface area contributed by atoms with Gasteiger partial charge in [0.2, 0.25) is 0 Å². The van der Waals surface area contributed by atoms with Gasteiger partial charge in [0.15, 0.2) is 0 Å². The third-order valence-corrected chi connectivity index (χ3v) is 3.01. The molecule has 0 amide bonds. The molecule has 1 aromatic rings. The fraction of sp³-hybridized carbons (Fsp3) is 0.533.